The van der Waals surface area contributed by atoms with E-state index in [-0.39, 0.29) is 11.9 Å². The Bertz CT molecular complexity index is 1750. The number of hydrogen-bond acceptors (Lipinski definition) is 9. The molecule has 0 spiro atoms. The summed E-state index contributed by atoms with van der Waals surface area (Å²) in [6.07, 6.45) is 6.89. The topological polar surface area (TPSA) is 113 Å². The summed E-state index contributed by atoms with van der Waals surface area (Å²) < 4.78 is 23.6. The van der Waals surface area contributed by atoms with Crippen LogP contribution in [0.2, 0.25) is 0 Å². The Morgan fingerprint density at radius 3 is 2.55 bits per heavy atom. The van der Waals surface area contributed by atoms with Crippen molar-refractivity contribution in [2.24, 2.45) is 5.92 Å². The number of anilines is 1. The largest absolute Gasteiger partial charge is 0.497 e. The molecule has 0 saturated heterocycles. The maximum absolute atomic E-state index is 12.9. The standard InChI is InChI=1S/C34H38N4O6/c1-20-16-21(11-13-26(20)33(40)43-7)28-29-30(36-19-24-10-12-25(41-5)18-27(24)42-6)35-14-15-38(29)31(37-28)22-8-9-23(17-22)32(39)44-34(2,3)4/h10-18,23H,8-9,19H2,1-7H3,(H,35,36). The van der Waals surface area contributed by atoms with Crippen molar-refractivity contribution in [3.63, 3.8) is 0 Å². The number of hydrogen-bond donors (Lipinski definition) is 1. The van der Waals surface area contributed by atoms with Gasteiger partial charge in [-0.05, 0) is 75.9 Å². The highest BCUT2D eigenvalue weighted by atomic mass is 16.6. The minimum atomic E-state index is -0.562. The van der Waals surface area contributed by atoms with E-state index in [4.69, 9.17) is 28.9 Å². The predicted octanol–water partition coefficient (Wildman–Crippen LogP) is 6.26. The van der Waals surface area contributed by atoms with Gasteiger partial charge in [0.15, 0.2) is 5.82 Å². The molecular weight excluding hydrogens is 560 g/mol. The van der Waals surface area contributed by atoms with E-state index in [1.807, 2.05) is 74.7 Å². The smallest absolute Gasteiger partial charge is 0.338 e. The molecule has 5 rings (SSSR count). The second-order valence-electron chi connectivity index (χ2n) is 11.7. The molecule has 0 radical (unpaired) electrons. The summed E-state index contributed by atoms with van der Waals surface area (Å²) in [5.41, 5.74) is 4.85. The molecule has 2 aromatic carbocycles. The SMILES string of the molecule is COC(=O)c1ccc(-c2nc(C3=CC(C(=O)OC(C)(C)C)CC3)n3ccnc(NCc4ccc(OC)cc4OC)c23)cc1C. The van der Waals surface area contributed by atoms with E-state index in [2.05, 4.69) is 5.32 Å². The van der Waals surface area contributed by atoms with Crippen molar-refractivity contribution >= 4 is 28.8 Å². The molecule has 230 valence electrons. The van der Waals surface area contributed by atoms with Gasteiger partial charge in [0.1, 0.15) is 34.1 Å². The zero-order valence-corrected chi connectivity index (χ0v) is 26.2. The van der Waals surface area contributed by atoms with E-state index in [0.29, 0.717) is 48.0 Å². The summed E-state index contributed by atoms with van der Waals surface area (Å²) in [4.78, 5) is 35.0. The van der Waals surface area contributed by atoms with Crippen LogP contribution < -0.4 is 14.8 Å². The van der Waals surface area contributed by atoms with Crippen molar-refractivity contribution < 1.29 is 28.5 Å². The van der Waals surface area contributed by atoms with Gasteiger partial charge in [0.25, 0.3) is 0 Å². The third-order valence-corrected chi connectivity index (χ3v) is 7.52. The second-order valence-corrected chi connectivity index (χ2v) is 11.7. The van der Waals surface area contributed by atoms with E-state index in [0.717, 1.165) is 33.6 Å². The number of carbonyl (C=O) groups is 2. The molecule has 2 heterocycles. The molecule has 0 aliphatic heterocycles. The Hall–Kier alpha value is -4.86. The van der Waals surface area contributed by atoms with Gasteiger partial charge in [0.05, 0.1) is 32.8 Å². The molecule has 1 aliphatic rings. The molecule has 1 atom stereocenters. The molecule has 44 heavy (non-hydrogen) atoms. The van der Waals surface area contributed by atoms with Gasteiger partial charge in [-0.25, -0.2) is 14.8 Å². The molecule has 10 nitrogen and oxygen atoms in total. The number of nitrogens with one attached hydrogen (secondary N) is 1. The zero-order valence-electron chi connectivity index (χ0n) is 26.2. The van der Waals surface area contributed by atoms with Crippen molar-refractivity contribution in [3.05, 3.63) is 77.4 Å². The molecule has 0 amide bonds. The van der Waals surface area contributed by atoms with E-state index in [1.54, 1.807) is 26.5 Å². The lowest BCUT2D eigenvalue weighted by Gasteiger charge is -2.21. The van der Waals surface area contributed by atoms with Gasteiger partial charge in [-0.3, -0.25) is 9.20 Å². The van der Waals surface area contributed by atoms with Crippen LogP contribution in [0, 0.1) is 12.8 Å². The number of allylic oxidation sites excluding steroid dienone is 1. The fraction of sp³-hybridized carbons (Fsp3) is 0.353. The number of nitrogens with zero attached hydrogens (tertiary/aromatic N) is 3. The van der Waals surface area contributed by atoms with Gasteiger partial charge in [0.2, 0.25) is 0 Å². The molecule has 1 aliphatic carbocycles. The zero-order chi connectivity index (χ0) is 31.6. The number of methoxy groups -OCH3 is 3. The highest BCUT2D eigenvalue weighted by Crippen LogP contribution is 2.38. The number of aryl methyl sites for hydroxylation is 1. The van der Waals surface area contributed by atoms with Gasteiger partial charge in [-0.1, -0.05) is 12.1 Å². The van der Waals surface area contributed by atoms with E-state index in [9.17, 15) is 9.59 Å². The van der Waals surface area contributed by atoms with Crippen LogP contribution in [0.15, 0.2) is 54.9 Å². The Labute approximate surface area is 257 Å². The lowest BCUT2D eigenvalue weighted by molar-refractivity contribution is -0.158. The minimum Gasteiger partial charge on any atom is -0.497 e. The molecule has 2 aromatic heterocycles. The number of ether oxygens (including phenoxy) is 4. The van der Waals surface area contributed by atoms with Gasteiger partial charge >= 0.3 is 11.9 Å². The monoisotopic (exact) mass is 598 g/mol. The normalized spacial score (nSPS) is 14.7. The van der Waals surface area contributed by atoms with Crippen molar-refractivity contribution in [3.8, 4) is 22.8 Å². The first kappa shape index (κ1) is 30.6. The second kappa shape index (κ2) is 12.4. The average molecular weight is 599 g/mol. The Balaban J connectivity index is 1.59. The Kier molecular flexibility index (Phi) is 8.62. The van der Waals surface area contributed by atoms with E-state index >= 15 is 0 Å². The minimum absolute atomic E-state index is 0.236. The number of aromatic nitrogens is 3. The van der Waals surface area contributed by atoms with E-state index < -0.39 is 11.6 Å². The third kappa shape index (κ3) is 6.24. The fourth-order valence-corrected chi connectivity index (χ4v) is 5.39. The van der Waals surface area contributed by atoms with Crippen molar-refractivity contribution in [1.82, 2.24) is 14.4 Å². The summed E-state index contributed by atoms with van der Waals surface area (Å²) >= 11 is 0. The highest BCUT2D eigenvalue weighted by Gasteiger charge is 2.30. The summed E-state index contributed by atoms with van der Waals surface area (Å²) in [6.45, 7) is 7.91. The molecule has 0 bridgehead atoms. The summed E-state index contributed by atoms with van der Waals surface area (Å²) in [5, 5.41) is 3.48. The number of benzene rings is 2. The van der Waals surface area contributed by atoms with Gasteiger partial charge in [-0.2, -0.15) is 0 Å². The van der Waals surface area contributed by atoms with Crippen LogP contribution in [0.1, 0.15) is 60.9 Å². The first-order chi connectivity index (χ1) is 21.0. The maximum Gasteiger partial charge on any atom is 0.338 e. The summed E-state index contributed by atoms with van der Waals surface area (Å²) in [6, 6.07) is 11.2. The average Bonchev–Trinajstić information content (AvgIpc) is 3.64. The van der Waals surface area contributed by atoms with Crippen LogP contribution in [0.4, 0.5) is 5.82 Å². The number of carbonyl (C=O) groups excluding carboxylic acids is 2. The number of rotatable bonds is 9. The molecular formula is C34H38N4O6. The number of imidazole rings is 1. The number of esters is 2. The van der Waals surface area contributed by atoms with E-state index in [1.165, 1.54) is 7.11 Å². The quantitative estimate of drug-likeness (QED) is 0.223. The lowest BCUT2D eigenvalue weighted by Crippen LogP contribution is -2.27. The third-order valence-electron chi connectivity index (χ3n) is 7.52. The fourth-order valence-electron chi connectivity index (χ4n) is 5.39. The molecule has 1 N–H and O–H groups in total. The van der Waals surface area contributed by atoms with Crippen molar-refractivity contribution in [2.75, 3.05) is 26.6 Å². The van der Waals surface area contributed by atoms with Crippen LogP contribution in [0.3, 0.4) is 0 Å². The van der Waals surface area contributed by atoms with Crippen LogP contribution in [-0.4, -0.2) is 53.2 Å². The lowest BCUT2D eigenvalue weighted by atomic mass is 10.0. The molecule has 0 fully saturated rings. The predicted molar refractivity (Wildman–Crippen MR) is 168 cm³/mol. The first-order valence-electron chi connectivity index (χ1n) is 14.5. The van der Waals surface area contributed by atoms with Crippen molar-refractivity contribution in [1.29, 1.82) is 0 Å². The van der Waals surface area contributed by atoms with Gasteiger partial charge < -0.3 is 24.3 Å². The molecule has 10 heteroatoms. The van der Waals surface area contributed by atoms with Crippen LogP contribution >= 0.6 is 0 Å². The van der Waals surface area contributed by atoms with Gasteiger partial charge in [0, 0.05) is 36.1 Å². The van der Waals surface area contributed by atoms with Crippen LogP contribution in [0.5, 0.6) is 11.5 Å². The Morgan fingerprint density at radius 1 is 1.07 bits per heavy atom. The van der Waals surface area contributed by atoms with Crippen LogP contribution in [0.25, 0.3) is 22.3 Å². The van der Waals surface area contributed by atoms with Crippen LogP contribution in [-0.2, 0) is 20.8 Å². The van der Waals surface area contributed by atoms with Gasteiger partial charge in [-0.15, -0.1) is 0 Å². The maximum atomic E-state index is 12.9. The van der Waals surface area contributed by atoms with Crippen molar-refractivity contribution in [2.45, 2.75) is 52.7 Å². The highest BCUT2D eigenvalue weighted by molar-refractivity contribution is 5.94. The summed E-state index contributed by atoms with van der Waals surface area (Å²) in [7, 11) is 4.61. The first-order valence-corrected chi connectivity index (χ1v) is 14.5. The Morgan fingerprint density at radius 2 is 1.86 bits per heavy atom. The molecule has 1 unspecified atom stereocenters. The molecule has 4 aromatic rings. The molecule has 0 saturated carbocycles. The number of fused-ring (bicyclic) bond motifs is 1. The summed E-state index contributed by atoms with van der Waals surface area (Å²) in [5.74, 6) is 1.76.